The number of nitrogens with zero attached hydrogens (tertiary/aromatic N) is 1. The van der Waals surface area contributed by atoms with E-state index in [2.05, 4.69) is 5.92 Å². The average molecular weight is 288 g/mol. The minimum absolute atomic E-state index is 0.0303. The first-order chi connectivity index (χ1) is 8.91. The molecule has 0 aromatic rings. The van der Waals surface area contributed by atoms with E-state index in [0.29, 0.717) is 19.4 Å². The van der Waals surface area contributed by atoms with Crippen LogP contribution in [0.1, 0.15) is 12.8 Å². The molecule has 108 valence electrons. The van der Waals surface area contributed by atoms with Gasteiger partial charge in [-0.1, -0.05) is 5.92 Å². The standard InChI is InChI=1S/C12H20N2O4S/c1-3-6-14(10-5-8-19(16,17)9-10)12(15)11(13)4-7-18-2/h1,10-11H,4-9,13H2,2H3. The first-order valence-corrected chi connectivity index (χ1v) is 7.92. The number of methoxy groups -OCH3 is 1. The van der Waals surface area contributed by atoms with E-state index in [1.165, 1.54) is 12.0 Å². The normalized spacial score (nSPS) is 22.7. The molecule has 1 saturated heterocycles. The topological polar surface area (TPSA) is 89.7 Å². The Labute approximate surface area is 114 Å². The number of carbonyl (C=O) groups excluding carboxylic acids is 1. The molecule has 1 heterocycles. The Hall–Kier alpha value is -1.10. The number of sulfone groups is 1. The summed E-state index contributed by atoms with van der Waals surface area (Å²) in [6.45, 7) is 0.458. The number of rotatable bonds is 6. The number of nitrogens with two attached hydrogens (primary N) is 1. The first-order valence-electron chi connectivity index (χ1n) is 6.10. The lowest BCUT2D eigenvalue weighted by atomic mass is 10.1. The molecule has 2 unspecified atom stereocenters. The molecule has 2 atom stereocenters. The van der Waals surface area contributed by atoms with Gasteiger partial charge in [0.2, 0.25) is 5.91 Å². The van der Waals surface area contributed by atoms with Crippen molar-refractivity contribution in [1.29, 1.82) is 0 Å². The van der Waals surface area contributed by atoms with Crippen molar-refractivity contribution < 1.29 is 17.9 Å². The molecule has 19 heavy (non-hydrogen) atoms. The van der Waals surface area contributed by atoms with E-state index in [0.717, 1.165) is 0 Å². The van der Waals surface area contributed by atoms with Gasteiger partial charge in [0.15, 0.2) is 9.84 Å². The number of terminal acetylenes is 1. The van der Waals surface area contributed by atoms with Crippen LogP contribution in [0, 0.1) is 12.3 Å². The Bertz CT molecular complexity index is 455. The zero-order valence-corrected chi connectivity index (χ0v) is 11.9. The predicted octanol–water partition coefficient (Wildman–Crippen LogP) is -1.00. The Morgan fingerprint density at radius 3 is 2.79 bits per heavy atom. The van der Waals surface area contributed by atoms with Crippen LogP contribution in [0.5, 0.6) is 0 Å². The second-order valence-electron chi connectivity index (χ2n) is 4.62. The van der Waals surface area contributed by atoms with Gasteiger partial charge in [-0.05, 0) is 12.8 Å². The molecule has 6 nitrogen and oxygen atoms in total. The summed E-state index contributed by atoms with van der Waals surface area (Å²) < 4.78 is 27.8. The van der Waals surface area contributed by atoms with E-state index in [1.54, 1.807) is 0 Å². The molecule has 0 aliphatic carbocycles. The fourth-order valence-electron chi connectivity index (χ4n) is 2.09. The van der Waals surface area contributed by atoms with Gasteiger partial charge in [-0.3, -0.25) is 4.79 Å². The lowest BCUT2D eigenvalue weighted by Gasteiger charge is -2.28. The van der Waals surface area contributed by atoms with Crippen LogP contribution in [-0.4, -0.2) is 63.1 Å². The van der Waals surface area contributed by atoms with Gasteiger partial charge in [-0.15, -0.1) is 6.42 Å². The number of ether oxygens (including phenoxy) is 1. The Kier molecular flexibility index (Phi) is 5.79. The predicted molar refractivity (Wildman–Crippen MR) is 72.1 cm³/mol. The Morgan fingerprint density at radius 1 is 1.63 bits per heavy atom. The number of hydrogen-bond donors (Lipinski definition) is 1. The molecule has 0 aromatic heterocycles. The van der Waals surface area contributed by atoms with Crippen molar-refractivity contribution in [1.82, 2.24) is 4.90 Å². The van der Waals surface area contributed by atoms with E-state index < -0.39 is 15.9 Å². The smallest absolute Gasteiger partial charge is 0.240 e. The molecule has 1 aliphatic heterocycles. The average Bonchev–Trinajstić information content (AvgIpc) is 2.72. The number of carbonyl (C=O) groups is 1. The van der Waals surface area contributed by atoms with Gasteiger partial charge in [-0.2, -0.15) is 0 Å². The van der Waals surface area contributed by atoms with Crippen molar-refractivity contribution >= 4 is 15.7 Å². The second-order valence-corrected chi connectivity index (χ2v) is 6.84. The summed E-state index contributed by atoms with van der Waals surface area (Å²) in [5, 5.41) is 0. The molecule has 0 bridgehead atoms. The van der Waals surface area contributed by atoms with Crippen molar-refractivity contribution in [3.05, 3.63) is 0 Å². The summed E-state index contributed by atoms with van der Waals surface area (Å²) in [7, 11) is -1.54. The third-order valence-electron chi connectivity index (χ3n) is 3.14. The molecule has 1 fully saturated rings. The molecule has 1 aliphatic rings. The van der Waals surface area contributed by atoms with Gasteiger partial charge in [-0.25, -0.2) is 8.42 Å². The molecule has 0 radical (unpaired) electrons. The summed E-state index contributed by atoms with van der Waals surface area (Å²) >= 11 is 0. The highest BCUT2D eigenvalue weighted by Gasteiger charge is 2.35. The monoisotopic (exact) mass is 288 g/mol. The van der Waals surface area contributed by atoms with Crippen molar-refractivity contribution in [3.8, 4) is 12.3 Å². The van der Waals surface area contributed by atoms with E-state index >= 15 is 0 Å². The van der Waals surface area contributed by atoms with Crippen LogP contribution >= 0.6 is 0 Å². The summed E-state index contributed by atoms with van der Waals surface area (Å²) in [6.07, 6.45) is 6.05. The van der Waals surface area contributed by atoms with Gasteiger partial charge >= 0.3 is 0 Å². The van der Waals surface area contributed by atoms with E-state index in [-0.39, 0.29) is 30.0 Å². The minimum atomic E-state index is -3.06. The van der Waals surface area contributed by atoms with Crippen LogP contribution in [0.2, 0.25) is 0 Å². The second kappa shape index (κ2) is 6.89. The van der Waals surface area contributed by atoms with Crippen molar-refractivity contribution in [3.63, 3.8) is 0 Å². The highest BCUT2D eigenvalue weighted by molar-refractivity contribution is 7.91. The quantitative estimate of drug-likeness (QED) is 0.633. The van der Waals surface area contributed by atoms with Crippen LogP contribution in [0.3, 0.4) is 0 Å². The molecule has 1 rings (SSSR count). The molecule has 0 aromatic carbocycles. The molecule has 2 N–H and O–H groups in total. The van der Waals surface area contributed by atoms with Crippen molar-refractivity contribution in [2.75, 3.05) is 31.8 Å². The summed E-state index contributed by atoms with van der Waals surface area (Å²) in [4.78, 5) is 13.6. The van der Waals surface area contributed by atoms with Crippen LogP contribution in [-0.2, 0) is 19.4 Å². The summed E-state index contributed by atoms with van der Waals surface area (Å²) in [5.74, 6) is 2.15. The lowest BCUT2D eigenvalue weighted by Crippen LogP contribution is -2.49. The SMILES string of the molecule is C#CCN(C(=O)C(N)CCOC)C1CCS(=O)(=O)C1. The van der Waals surface area contributed by atoms with E-state index in [4.69, 9.17) is 16.9 Å². The fourth-order valence-corrected chi connectivity index (χ4v) is 3.82. The van der Waals surface area contributed by atoms with Crippen LogP contribution in [0.15, 0.2) is 0 Å². The Balaban J connectivity index is 2.72. The first kappa shape index (κ1) is 16.0. The molecule has 0 saturated carbocycles. The highest BCUT2D eigenvalue weighted by atomic mass is 32.2. The summed E-state index contributed by atoms with van der Waals surface area (Å²) in [6, 6.07) is -1.07. The van der Waals surface area contributed by atoms with Gasteiger partial charge in [0, 0.05) is 19.8 Å². The molecular weight excluding hydrogens is 268 g/mol. The zero-order valence-electron chi connectivity index (χ0n) is 11.0. The third-order valence-corrected chi connectivity index (χ3v) is 4.89. The minimum Gasteiger partial charge on any atom is -0.385 e. The van der Waals surface area contributed by atoms with Crippen LogP contribution < -0.4 is 5.73 Å². The maximum Gasteiger partial charge on any atom is 0.240 e. The van der Waals surface area contributed by atoms with Gasteiger partial charge < -0.3 is 15.4 Å². The van der Waals surface area contributed by atoms with E-state index in [1.807, 2.05) is 0 Å². The van der Waals surface area contributed by atoms with Crippen molar-refractivity contribution in [2.45, 2.75) is 24.9 Å². The Morgan fingerprint density at radius 2 is 2.32 bits per heavy atom. The largest absolute Gasteiger partial charge is 0.385 e. The number of amides is 1. The summed E-state index contributed by atoms with van der Waals surface area (Å²) in [5.41, 5.74) is 5.78. The zero-order chi connectivity index (χ0) is 14.5. The molecule has 7 heteroatoms. The van der Waals surface area contributed by atoms with Gasteiger partial charge in [0.1, 0.15) is 0 Å². The van der Waals surface area contributed by atoms with Gasteiger partial charge in [0.05, 0.1) is 24.1 Å². The maximum absolute atomic E-state index is 12.2. The fraction of sp³-hybridized carbons (Fsp3) is 0.750. The van der Waals surface area contributed by atoms with Crippen LogP contribution in [0.25, 0.3) is 0 Å². The lowest BCUT2D eigenvalue weighted by molar-refractivity contribution is -0.134. The molecule has 0 spiro atoms. The third kappa shape index (κ3) is 4.49. The van der Waals surface area contributed by atoms with Crippen LogP contribution in [0.4, 0.5) is 0 Å². The number of hydrogen-bond acceptors (Lipinski definition) is 5. The van der Waals surface area contributed by atoms with Gasteiger partial charge in [0.25, 0.3) is 0 Å². The molecular formula is C12H20N2O4S. The van der Waals surface area contributed by atoms with E-state index in [9.17, 15) is 13.2 Å². The molecule has 1 amide bonds. The maximum atomic E-state index is 12.2. The van der Waals surface area contributed by atoms with Crippen molar-refractivity contribution in [2.24, 2.45) is 5.73 Å². The highest BCUT2D eigenvalue weighted by Crippen LogP contribution is 2.18.